The first-order valence-electron chi connectivity index (χ1n) is 4.03. The predicted molar refractivity (Wildman–Crippen MR) is 49.1 cm³/mol. The molecule has 0 saturated heterocycles. The van der Waals surface area contributed by atoms with Gasteiger partial charge in [-0.1, -0.05) is 0 Å². The zero-order chi connectivity index (χ0) is 10.1. The number of aliphatic carboxylic acids is 1. The van der Waals surface area contributed by atoms with Crippen LogP contribution in [-0.4, -0.2) is 26.2 Å². The molecule has 0 bridgehead atoms. The van der Waals surface area contributed by atoms with Gasteiger partial charge in [0.25, 0.3) is 0 Å². The van der Waals surface area contributed by atoms with Crippen molar-refractivity contribution >= 4 is 17.0 Å². The molecule has 0 aliphatic carbocycles. The van der Waals surface area contributed by atoms with E-state index in [1.165, 1.54) is 12.4 Å². The lowest BCUT2D eigenvalue weighted by atomic mass is 10.1. The number of hydrogen-bond donors (Lipinski definition) is 3. The van der Waals surface area contributed by atoms with Crippen molar-refractivity contribution in [3.05, 3.63) is 24.0 Å². The maximum absolute atomic E-state index is 10.4. The van der Waals surface area contributed by atoms with E-state index >= 15 is 0 Å². The van der Waals surface area contributed by atoms with Gasteiger partial charge in [-0.15, -0.1) is 0 Å². The molecule has 5 heteroatoms. The first-order valence-corrected chi connectivity index (χ1v) is 4.03. The van der Waals surface area contributed by atoms with Crippen LogP contribution in [-0.2, 0) is 11.2 Å². The van der Waals surface area contributed by atoms with Gasteiger partial charge in [0, 0.05) is 0 Å². The Balaban J connectivity index is 2.53. The van der Waals surface area contributed by atoms with E-state index in [-0.39, 0.29) is 12.2 Å². The summed E-state index contributed by atoms with van der Waals surface area (Å²) in [7, 11) is 0. The number of aromatic nitrogens is 2. The molecule has 2 rings (SSSR count). The number of nitrogens with one attached hydrogen (secondary N) is 1. The van der Waals surface area contributed by atoms with Crippen LogP contribution in [0, 0.1) is 0 Å². The second kappa shape index (κ2) is 3.02. The molecule has 0 amide bonds. The van der Waals surface area contributed by atoms with E-state index in [0.29, 0.717) is 16.6 Å². The number of aromatic hydroxyl groups is 1. The number of nitrogens with zero attached hydrogens (tertiary/aromatic N) is 1. The van der Waals surface area contributed by atoms with Crippen molar-refractivity contribution in [1.29, 1.82) is 0 Å². The molecule has 14 heavy (non-hydrogen) atoms. The summed E-state index contributed by atoms with van der Waals surface area (Å²) in [4.78, 5) is 17.1. The summed E-state index contributed by atoms with van der Waals surface area (Å²) in [6.07, 6.45) is 1.34. The average molecular weight is 192 g/mol. The molecule has 1 heterocycles. The molecule has 2 aromatic rings. The van der Waals surface area contributed by atoms with E-state index < -0.39 is 5.97 Å². The standard InChI is InChI=1S/C9H8N2O3/c12-7-2-5(3-8(13)14)1-6-9(7)11-4-10-6/h1-2,4,12H,3H2,(H,10,11)(H,13,14). The van der Waals surface area contributed by atoms with Crippen LogP contribution >= 0.6 is 0 Å². The van der Waals surface area contributed by atoms with Crippen LogP contribution in [0.3, 0.4) is 0 Å². The number of aromatic amines is 1. The molecule has 0 fully saturated rings. The molecule has 72 valence electrons. The van der Waals surface area contributed by atoms with Gasteiger partial charge in [0.2, 0.25) is 0 Å². The minimum absolute atomic E-state index is 0.000000000000000444. The average Bonchev–Trinajstić information content (AvgIpc) is 2.50. The molecule has 0 aliphatic rings. The van der Waals surface area contributed by atoms with Crippen molar-refractivity contribution in [2.75, 3.05) is 0 Å². The summed E-state index contributed by atoms with van der Waals surface area (Å²) < 4.78 is 0. The van der Waals surface area contributed by atoms with Gasteiger partial charge in [-0.3, -0.25) is 4.79 Å². The largest absolute Gasteiger partial charge is 0.506 e. The molecule has 5 nitrogen and oxygen atoms in total. The maximum atomic E-state index is 10.4. The molecule has 1 aromatic carbocycles. The lowest BCUT2D eigenvalue weighted by molar-refractivity contribution is -0.136. The Labute approximate surface area is 79.0 Å². The van der Waals surface area contributed by atoms with Crippen molar-refractivity contribution in [3.63, 3.8) is 0 Å². The van der Waals surface area contributed by atoms with Crippen molar-refractivity contribution in [2.45, 2.75) is 6.42 Å². The van der Waals surface area contributed by atoms with Gasteiger partial charge in [0.05, 0.1) is 18.3 Å². The number of carboxylic acids is 1. The number of hydrogen-bond acceptors (Lipinski definition) is 3. The monoisotopic (exact) mass is 192 g/mol. The molecule has 0 aliphatic heterocycles. The Hall–Kier alpha value is -2.04. The minimum atomic E-state index is -0.928. The summed E-state index contributed by atoms with van der Waals surface area (Å²) in [6, 6.07) is 3.08. The Morgan fingerprint density at radius 1 is 1.50 bits per heavy atom. The molecular weight excluding hydrogens is 184 g/mol. The van der Waals surface area contributed by atoms with Crippen LogP contribution in [0.25, 0.3) is 11.0 Å². The molecule has 3 N–H and O–H groups in total. The highest BCUT2D eigenvalue weighted by Crippen LogP contribution is 2.23. The van der Waals surface area contributed by atoms with Gasteiger partial charge in [0.1, 0.15) is 11.3 Å². The van der Waals surface area contributed by atoms with Gasteiger partial charge in [-0.2, -0.15) is 0 Å². The van der Waals surface area contributed by atoms with E-state index in [9.17, 15) is 9.90 Å². The van der Waals surface area contributed by atoms with E-state index in [1.54, 1.807) is 6.07 Å². The highest BCUT2D eigenvalue weighted by molar-refractivity contribution is 5.83. The van der Waals surface area contributed by atoms with Gasteiger partial charge >= 0.3 is 5.97 Å². The van der Waals surface area contributed by atoms with Crippen molar-refractivity contribution in [2.24, 2.45) is 0 Å². The number of carboxylic acid groups (broad SMARTS) is 1. The van der Waals surface area contributed by atoms with E-state index in [2.05, 4.69) is 9.97 Å². The molecule has 0 unspecified atom stereocenters. The minimum Gasteiger partial charge on any atom is -0.506 e. The Morgan fingerprint density at radius 3 is 3.00 bits per heavy atom. The second-order valence-electron chi connectivity index (χ2n) is 2.98. The molecular formula is C9H8N2O3. The van der Waals surface area contributed by atoms with Crippen molar-refractivity contribution in [3.8, 4) is 5.75 Å². The van der Waals surface area contributed by atoms with Crippen LogP contribution < -0.4 is 0 Å². The third kappa shape index (κ3) is 1.39. The number of H-pyrrole nitrogens is 1. The highest BCUT2D eigenvalue weighted by atomic mass is 16.4. The first kappa shape index (κ1) is 8.55. The van der Waals surface area contributed by atoms with Crippen molar-refractivity contribution in [1.82, 2.24) is 9.97 Å². The lowest BCUT2D eigenvalue weighted by Gasteiger charge is -1.99. The van der Waals surface area contributed by atoms with Gasteiger partial charge in [-0.25, -0.2) is 4.98 Å². The van der Waals surface area contributed by atoms with E-state index in [1.807, 2.05) is 0 Å². The van der Waals surface area contributed by atoms with Crippen LogP contribution in [0.2, 0.25) is 0 Å². The SMILES string of the molecule is O=C(O)Cc1cc(O)c2nc[nH]c2c1. The molecule has 0 atom stereocenters. The summed E-state index contributed by atoms with van der Waals surface area (Å²) in [5.74, 6) is -0.928. The van der Waals surface area contributed by atoms with Crippen LogP contribution in [0.1, 0.15) is 5.56 Å². The van der Waals surface area contributed by atoms with Crippen LogP contribution in [0.5, 0.6) is 5.75 Å². The third-order valence-electron chi connectivity index (χ3n) is 1.92. The zero-order valence-electron chi connectivity index (χ0n) is 7.19. The van der Waals surface area contributed by atoms with Gasteiger partial charge in [0.15, 0.2) is 0 Å². The number of benzene rings is 1. The summed E-state index contributed by atoms with van der Waals surface area (Å²) in [6.45, 7) is 0. The molecule has 1 aromatic heterocycles. The molecule has 0 spiro atoms. The number of phenols is 1. The Kier molecular flexibility index (Phi) is 1.85. The second-order valence-corrected chi connectivity index (χ2v) is 2.98. The summed E-state index contributed by atoms with van der Waals surface area (Å²) in [5, 5.41) is 18.1. The van der Waals surface area contributed by atoms with E-state index in [0.717, 1.165) is 0 Å². The maximum Gasteiger partial charge on any atom is 0.307 e. The predicted octanol–water partition coefficient (Wildman–Crippen LogP) is 0.896. The quantitative estimate of drug-likeness (QED) is 0.659. The van der Waals surface area contributed by atoms with Crippen LogP contribution in [0.4, 0.5) is 0 Å². The highest BCUT2D eigenvalue weighted by Gasteiger charge is 2.07. The Morgan fingerprint density at radius 2 is 2.29 bits per heavy atom. The zero-order valence-corrected chi connectivity index (χ0v) is 7.19. The fraction of sp³-hybridized carbons (Fsp3) is 0.111. The van der Waals surface area contributed by atoms with Gasteiger partial charge in [-0.05, 0) is 17.7 Å². The number of imidazole rings is 1. The molecule has 0 radical (unpaired) electrons. The normalized spacial score (nSPS) is 10.6. The lowest BCUT2D eigenvalue weighted by Crippen LogP contribution is -1.99. The number of rotatable bonds is 2. The van der Waals surface area contributed by atoms with E-state index in [4.69, 9.17) is 5.11 Å². The number of carbonyl (C=O) groups is 1. The third-order valence-corrected chi connectivity index (χ3v) is 1.92. The Bertz CT molecular complexity index is 490. The number of fused-ring (bicyclic) bond motifs is 1. The summed E-state index contributed by atoms with van der Waals surface area (Å²) >= 11 is 0. The first-order chi connectivity index (χ1) is 6.66. The fourth-order valence-corrected chi connectivity index (χ4v) is 1.37. The topological polar surface area (TPSA) is 86.2 Å². The van der Waals surface area contributed by atoms with Gasteiger partial charge < -0.3 is 15.2 Å². The molecule has 0 saturated carbocycles. The van der Waals surface area contributed by atoms with Crippen LogP contribution in [0.15, 0.2) is 18.5 Å². The fourth-order valence-electron chi connectivity index (χ4n) is 1.37. The number of phenolic OH excluding ortho intramolecular Hbond substituents is 1. The smallest absolute Gasteiger partial charge is 0.307 e. The summed E-state index contributed by atoms with van der Waals surface area (Å²) in [5.41, 5.74) is 1.65. The van der Waals surface area contributed by atoms with Crippen molar-refractivity contribution < 1.29 is 15.0 Å².